The molecule has 51 nitrogen and oxygen atoms in total. The number of aromatic hydroxyl groups is 4. The van der Waals surface area contributed by atoms with Crippen molar-refractivity contribution >= 4 is 115 Å². The molecule has 148 heavy (non-hydrogen) atoms. The first-order valence-corrected chi connectivity index (χ1v) is 44.6. The quantitative estimate of drug-likeness (QED) is 0.0191. The number of aryl methyl sites for hydroxylation is 4. The van der Waals surface area contributed by atoms with E-state index in [9.17, 15) is 103 Å². The zero-order chi connectivity index (χ0) is 108. The molecule has 51 heteroatoms. The van der Waals surface area contributed by atoms with Crippen LogP contribution in [0.25, 0.3) is 43.9 Å². The maximum atomic E-state index is 13.4. The molecule has 4 fully saturated rings. The molecule has 16 atom stereocenters. The summed E-state index contributed by atoms with van der Waals surface area (Å²) in [7, 11) is 5.32. The predicted molar refractivity (Wildman–Crippen MR) is 509 cm³/mol. The van der Waals surface area contributed by atoms with Gasteiger partial charge in [0.1, 0.15) is 81.2 Å². The summed E-state index contributed by atoms with van der Waals surface area (Å²) in [6.45, 7) is 18.8. The number of fused-ring (bicyclic) bond motifs is 4. The first kappa shape index (κ1) is 108. The van der Waals surface area contributed by atoms with Crippen molar-refractivity contribution in [2.75, 3.05) is 49.7 Å². The molecular weight excluding hydrogens is 1970 g/mol. The number of ether oxygens (including phenoxy) is 17. The van der Waals surface area contributed by atoms with E-state index in [4.69, 9.17) is 126 Å². The van der Waals surface area contributed by atoms with Gasteiger partial charge in [0.2, 0.25) is 25.2 Å². The highest BCUT2D eigenvalue weighted by Crippen LogP contribution is 2.46. The third-order valence-electron chi connectivity index (χ3n) is 24.7. The summed E-state index contributed by atoms with van der Waals surface area (Å²) < 4.78 is 123. The van der Waals surface area contributed by atoms with Gasteiger partial charge in [-0.15, -0.1) is 0 Å². The monoisotopic (exact) mass is 2070 g/mol. The van der Waals surface area contributed by atoms with Crippen molar-refractivity contribution in [1.29, 1.82) is 0 Å². The van der Waals surface area contributed by atoms with Gasteiger partial charge >= 0.3 is 46.9 Å². The predicted octanol–water partition coefficient (Wildman–Crippen LogP) is 7.02. The molecule has 4 aliphatic rings. The molecule has 6 aromatic carbocycles. The Morgan fingerprint density at radius 2 is 0.534 bits per heavy atom. The van der Waals surface area contributed by atoms with E-state index < -0.39 is 254 Å². The van der Waals surface area contributed by atoms with E-state index in [-0.39, 0.29) is 112 Å². The number of rotatable bonds is 26. The van der Waals surface area contributed by atoms with Crippen LogP contribution in [-0.4, -0.2) is 238 Å². The van der Waals surface area contributed by atoms with E-state index in [1.54, 1.807) is 55.4 Å². The Kier molecular flexibility index (Phi) is 30.6. The second-order valence-electron chi connectivity index (χ2n) is 36.2. The molecule has 4 saturated heterocycles. The Labute approximate surface area is 833 Å². The van der Waals surface area contributed by atoms with E-state index in [0.29, 0.717) is 12.1 Å². The summed E-state index contributed by atoms with van der Waals surface area (Å²) in [6.07, 6.45) is -25.9. The van der Waals surface area contributed by atoms with Gasteiger partial charge in [-0.25, -0.2) is 38.4 Å². The lowest BCUT2D eigenvalue weighted by Gasteiger charge is -2.47. The van der Waals surface area contributed by atoms with Gasteiger partial charge in [0.15, 0.2) is 112 Å². The largest absolute Gasteiger partial charge is 0.505 e. The molecular formula is C97H102N8O43. The Hall–Kier alpha value is -16.2. The molecule has 20 N–H and O–H groups in total. The number of amides is 8. The lowest BCUT2D eigenvalue weighted by molar-refractivity contribution is -0.304. The van der Waals surface area contributed by atoms with Crippen LogP contribution in [0.1, 0.15) is 119 Å². The fourth-order valence-electron chi connectivity index (χ4n) is 17.6. The highest BCUT2D eigenvalue weighted by atomic mass is 16.8. The summed E-state index contributed by atoms with van der Waals surface area (Å²) in [5.74, 6) is -8.12. The minimum absolute atomic E-state index is 0.0154. The average molecular weight is 2070 g/mol. The fraction of sp³-hybridized carbons (Fsp3) is 0.371. The van der Waals surface area contributed by atoms with Gasteiger partial charge in [-0.1, -0.05) is 0 Å². The highest BCUT2D eigenvalue weighted by Gasteiger charge is 2.58. The molecule has 15 rings (SSSR count). The molecule has 0 radical (unpaired) electrons. The Morgan fingerprint density at radius 1 is 0.318 bits per heavy atom. The van der Waals surface area contributed by atoms with Crippen LogP contribution in [0.4, 0.5) is 41.9 Å². The first-order valence-electron chi connectivity index (χ1n) is 44.6. The molecule has 0 aliphatic carbocycles. The van der Waals surface area contributed by atoms with E-state index in [1.165, 1.54) is 153 Å². The van der Waals surface area contributed by atoms with Crippen molar-refractivity contribution < 1.29 is 182 Å². The van der Waals surface area contributed by atoms with Crippen LogP contribution in [0, 0.1) is 27.7 Å². The summed E-state index contributed by atoms with van der Waals surface area (Å²) >= 11 is 0. The second-order valence-corrected chi connectivity index (χ2v) is 36.2. The zero-order valence-corrected chi connectivity index (χ0v) is 81.3. The lowest BCUT2D eigenvalue weighted by Crippen LogP contribution is -2.65. The molecule has 8 amide bonds. The van der Waals surface area contributed by atoms with Crippen LogP contribution >= 0.6 is 0 Å². The molecule has 11 aromatic rings. The number of primary amides is 4. The number of anilines is 4. The number of aliphatic hydroxyl groups excluding tert-OH is 4. The molecule has 0 spiro atoms. The van der Waals surface area contributed by atoms with E-state index >= 15 is 0 Å². The van der Waals surface area contributed by atoms with E-state index in [0.717, 1.165) is 0 Å². The van der Waals surface area contributed by atoms with Gasteiger partial charge in [0, 0.05) is 74.0 Å². The third-order valence-corrected chi connectivity index (χ3v) is 24.7. The summed E-state index contributed by atoms with van der Waals surface area (Å²) in [4.78, 5) is 166. The van der Waals surface area contributed by atoms with Crippen molar-refractivity contribution in [3.05, 3.63) is 206 Å². The smallest absolute Gasteiger partial charge is 0.404 e. The van der Waals surface area contributed by atoms with Crippen molar-refractivity contribution in [2.45, 2.75) is 204 Å². The van der Waals surface area contributed by atoms with Crippen LogP contribution in [0.15, 0.2) is 155 Å². The summed E-state index contributed by atoms with van der Waals surface area (Å²) in [5, 5.41) is 97.8. The van der Waals surface area contributed by atoms with Gasteiger partial charge in [0.05, 0.1) is 43.9 Å². The maximum Gasteiger partial charge on any atom is 0.404 e. The van der Waals surface area contributed by atoms with Crippen LogP contribution in [0.5, 0.6) is 57.5 Å². The van der Waals surface area contributed by atoms with Gasteiger partial charge in [-0.05, 0) is 180 Å². The van der Waals surface area contributed by atoms with Crippen molar-refractivity contribution in [2.24, 2.45) is 22.9 Å². The minimum Gasteiger partial charge on any atom is -0.505 e. The number of benzene rings is 6. The second kappa shape index (κ2) is 42.1. The summed E-state index contributed by atoms with van der Waals surface area (Å²) in [6, 6.07) is 23.3. The number of nitrogens with one attached hydrogen (secondary N) is 4. The van der Waals surface area contributed by atoms with Crippen molar-refractivity contribution in [3.8, 4) is 57.5 Å². The van der Waals surface area contributed by atoms with Gasteiger partial charge in [-0.2, -0.15) is 0 Å². The molecule has 5 aromatic heterocycles. The number of carbonyl (C=O) groups is 8. The van der Waals surface area contributed by atoms with Crippen LogP contribution in [0.2, 0.25) is 0 Å². The standard InChI is InChI=1S/C52H54N4O21.C45H48N4O22/c1-21-29(70-47-35(59)39(74-49(53)65)41(67-7)51(3,4)76-47)19-17-27-33(57)31(45(63)72-37(21)27)55-43(61)23-9-13-25(14-10-23)69-26-15-11-24(12-16-26)44(62)56-32-34(58)28-18-20-30(22(2)38(28)73-46(32)64)71-48-36(60)40(75-50(54)66)42(68-8)52(5,6)77-48;1-15-20(64-40-28(53)32(68-42(46)59)34(61-7)44(3,4)70-40)11-9-18-26(51)24(38(57)66-30(15)18)48-36(55)22-13-17(50)14-23(63-22)37(56)49-25-27(52)19-10-12-21(16(2)31(19)67-39(25)58)65-41-29(54)33(69-43(47)60)35(62-8)45(5,6)71-41/h9-20,35-36,39-42,47-48,57-60H,1-8H3,(H2,53,65)(H2,54,66)(H,55,61)(H,56,62);9-14,28-29,32-35,40-41,51-54H,1-8H3,(H2,46,59)(H2,47,60)(H,48,55)(H,49,56). The number of nitrogens with two attached hydrogens (primary N) is 4. The topological polar surface area (TPSA) is 759 Å². The highest BCUT2D eigenvalue weighted by molar-refractivity contribution is 6.10. The van der Waals surface area contributed by atoms with E-state index in [1.807, 2.05) is 0 Å². The van der Waals surface area contributed by atoms with Crippen LogP contribution in [-0.2, 0) is 56.8 Å². The van der Waals surface area contributed by atoms with Gasteiger partial charge in [-0.3, -0.25) is 24.0 Å². The minimum atomic E-state index is -1.63. The molecule has 788 valence electrons. The maximum absolute atomic E-state index is 13.4. The normalized spacial score (nSPS) is 23.1. The lowest BCUT2D eigenvalue weighted by atomic mass is 9.89. The number of hydrogen-bond acceptors (Lipinski definition) is 43. The molecule has 0 saturated carbocycles. The van der Waals surface area contributed by atoms with Crippen LogP contribution in [0.3, 0.4) is 0 Å². The Balaban J connectivity index is 0.000000234. The third kappa shape index (κ3) is 21.6. The fourth-order valence-corrected chi connectivity index (χ4v) is 17.6. The van der Waals surface area contributed by atoms with Crippen molar-refractivity contribution in [1.82, 2.24) is 0 Å². The molecule has 0 bridgehead atoms. The van der Waals surface area contributed by atoms with Gasteiger partial charge in [0.25, 0.3) is 23.6 Å². The molecule has 9 heterocycles. The molecule has 4 aliphatic heterocycles. The van der Waals surface area contributed by atoms with Gasteiger partial charge < -0.3 is 188 Å². The summed E-state index contributed by atoms with van der Waals surface area (Å²) in [5.41, 5.74) is 7.84. The van der Waals surface area contributed by atoms with Crippen LogP contribution < -0.4 is 95.8 Å². The number of hydrogen-bond donors (Lipinski definition) is 16. The number of carbonyl (C=O) groups excluding carboxylic acids is 8. The SMILES string of the molecule is COC1C(OC(N)=O)C(O)C(Oc2ccc3c(O)c(NC(=O)c4cc(=O)cc(C(=O)Nc5c(O)c6ccc(OC7OC(C)(C)C(OC)C(OC(N)=O)C7O)c(C)c6oc5=O)o4)c(=O)oc3c2C)OC1(C)C.COC1C(OC(N)=O)C(O)C(Oc2ccc3c(O)c(NC(=O)c4ccc(Oc5ccc(C(=O)Nc6c(O)c7ccc(OC8OC(C)(C)C(OC)C(OC(N)=O)C8O)c(C)c7oc6=O)cc5)cc4)c(=O)oc3c2C)OC1(C)C. The average Bonchev–Trinajstić information content (AvgIpc) is 0.764. The zero-order valence-electron chi connectivity index (χ0n) is 81.3. The van der Waals surface area contributed by atoms with Crippen molar-refractivity contribution in [3.63, 3.8) is 0 Å². The Bertz CT molecular complexity index is 6970. The van der Waals surface area contributed by atoms with E-state index in [2.05, 4.69) is 21.3 Å². The molecule has 16 unspecified atom stereocenters. The number of methoxy groups -OCH3 is 4. The number of aliphatic hydroxyl groups is 4. The first-order chi connectivity index (χ1) is 69.6. The Morgan fingerprint density at radius 3 is 0.743 bits per heavy atom.